The highest BCUT2D eigenvalue weighted by molar-refractivity contribution is 9.10. The molecule has 0 radical (unpaired) electrons. The average Bonchev–Trinajstić information content (AvgIpc) is 2.37. The number of nitrogens with zero attached hydrogens (tertiary/aromatic N) is 1. The third-order valence-corrected chi connectivity index (χ3v) is 3.34. The first kappa shape index (κ1) is 16.5. The molecule has 6 heteroatoms. The van der Waals surface area contributed by atoms with Crippen molar-refractivity contribution in [3.63, 3.8) is 0 Å². The molecule has 5 nitrogen and oxygen atoms in total. The maximum absolute atomic E-state index is 12.0. The number of carbonyl (C=O) groups is 2. The van der Waals surface area contributed by atoms with E-state index in [1.54, 1.807) is 24.1 Å². The van der Waals surface area contributed by atoms with Crippen LogP contribution >= 0.6 is 15.9 Å². The summed E-state index contributed by atoms with van der Waals surface area (Å²) in [5.41, 5.74) is 0.354. The van der Waals surface area contributed by atoms with Crippen molar-refractivity contribution in [2.45, 2.75) is 20.3 Å². The second-order valence-corrected chi connectivity index (χ2v) is 5.94. The zero-order valence-corrected chi connectivity index (χ0v) is 13.4. The Balaban J connectivity index is 2.77. The van der Waals surface area contributed by atoms with Gasteiger partial charge in [-0.05, 0) is 30.5 Å². The number of anilines is 1. The molecule has 0 spiro atoms. The molecular weight excluding hydrogens is 324 g/mol. The maximum Gasteiger partial charge on any atom is 0.337 e. The fraction of sp³-hybridized carbons (Fsp3) is 0.429. The number of hydrogen-bond donors (Lipinski definition) is 2. The lowest BCUT2D eigenvalue weighted by Crippen LogP contribution is -2.33. The van der Waals surface area contributed by atoms with E-state index >= 15 is 0 Å². The summed E-state index contributed by atoms with van der Waals surface area (Å²) in [6.45, 7) is 4.80. The molecule has 0 bridgehead atoms. The van der Waals surface area contributed by atoms with E-state index in [0.29, 0.717) is 22.6 Å². The van der Waals surface area contributed by atoms with Crippen LogP contribution in [0.5, 0.6) is 0 Å². The van der Waals surface area contributed by atoms with Crippen LogP contribution in [0.1, 0.15) is 30.6 Å². The number of carboxylic acid groups (broad SMARTS) is 1. The van der Waals surface area contributed by atoms with Crippen molar-refractivity contribution >= 4 is 33.6 Å². The highest BCUT2D eigenvalue weighted by Crippen LogP contribution is 2.21. The molecule has 2 amide bonds. The molecule has 20 heavy (non-hydrogen) atoms. The fourth-order valence-corrected chi connectivity index (χ4v) is 1.93. The van der Waals surface area contributed by atoms with Crippen LogP contribution in [0.2, 0.25) is 0 Å². The molecule has 0 aliphatic heterocycles. The first-order chi connectivity index (χ1) is 9.31. The Morgan fingerprint density at radius 1 is 1.40 bits per heavy atom. The largest absolute Gasteiger partial charge is 0.478 e. The molecular formula is C14H19BrN2O3. The molecule has 1 aromatic rings. The number of halogens is 1. The minimum absolute atomic E-state index is 0.0602. The van der Waals surface area contributed by atoms with Crippen molar-refractivity contribution in [1.82, 2.24) is 4.90 Å². The number of hydrogen-bond acceptors (Lipinski definition) is 2. The lowest BCUT2D eigenvalue weighted by Gasteiger charge is -2.19. The smallest absolute Gasteiger partial charge is 0.337 e. The highest BCUT2D eigenvalue weighted by atomic mass is 79.9. The quantitative estimate of drug-likeness (QED) is 0.857. The Hall–Kier alpha value is -1.56. The predicted molar refractivity (Wildman–Crippen MR) is 82.2 cm³/mol. The fourth-order valence-electron chi connectivity index (χ4n) is 1.57. The lowest BCUT2D eigenvalue weighted by atomic mass is 10.1. The molecule has 0 saturated carbocycles. The molecule has 0 aliphatic carbocycles. The monoisotopic (exact) mass is 342 g/mol. The van der Waals surface area contributed by atoms with E-state index in [1.807, 2.05) is 0 Å². The van der Waals surface area contributed by atoms with Crippen LogP contribution < -0.4 is 5.32 Å². The number of carboxylic acids is 1. The van der Waals surface area contributed by atoms with Gasteiger partial charge in [-0.1, -0.05) is 29.8 Å². The van der Waals surface area contributed by atoms with E-state index in [1.165, 1.54) is 6.07 Å². The number of carbonyl (C=O) groups excluding carboxylic acids is 1. The Labute approximate surface area is 127 Å². The highest BCUT2D eigenvalue weighted by Gasteiger charge is 2.15. The van der Waals surface area contributed by atoms with Crippen molar-refractivity contribution in [2.75, 3.05) is 18.9 Å². The van der Waals surface area contributed by atoms with Gasteiger partial charge in [0.15, 0.2) is 0 Å². The summed E-state index contributed by atoms with van der Waals surface area (Å²) in [4.78, 5) is 24.7. The van der Waals surface area contributed by atoms with Gasteiger partial charge in [0.1, 0.15) is 0 Å². The van der Waals surface area contributed by atoms with Crippen molar-refractivity contribution in [2.24, 2.45) is 5.92 Å². The van der Waals surface area contributed by atoms with Crippen molar-refractivity contribution in [3.05, 3.63) is 28.2 Å². The summed E-state index contributed by atoms with van der Waals surface area (Å²) >= 11 is 3.21. The summed E-state index contributed by atoms with van der Waals surface area (Å²) in [6, 6.07) is 4.42. The number of rotatable bonds is 5. The van der Waals surface area contributed by atoms with Crippen LogP contribution in [0.4, 0.5) is 10.5 Å². The Morgan fingerprint density at radius 3 is 2.60 bits per heavy atom. The number of aromatic carboxylic acids is 1. The van der Waals surface area contributed by atoms with Crippen molar-refractivity contribution < 1.29 is 14.7 Å². The molecule has 0 fully saturated rings. The van der Waals surface area contributed by atoms with Crippen molar-refractivity contribution in [3.8, 4) is 0 Å². The predicted octanol–water partition coefficient (Wildman–Crippen LogP) is 3.66. The molecule has 0 saturated heterocycles. The average molecular weight is 343 g/mol. The van der Waals surface area contributed by atoms with Crippen LogP contribution in [-0.2, 0) is 0 Å². The molecule has 0 atom stereocenters. The zero-order chi connectivity index (χ0) is 15.3. The number of amides is 2. The standard InChI is InChI=1S/C14H19BrN2O3/c1-9(2)6-7-17(3)14(20)16-12-5-4-10(15)8-11(12)13(18)19/h4-5,8-9H,6-7H2,1-3H3,(H,16,20)(H,18,19). The second kappa shape index (κ2) is 7.28. The van der Waals surface area contributed by atoms with Gasteiger partial charge in [-0.2, -0.15) is 0 Å². The first-order valence-electron chi connectivity index (χ1n) is 6.36. The molecule has 0 unspecified atom stereocenters. The Kier molecular flexibility index (Phi) is 6.01. The number of urea groups is 1. The van der Waals surface area contributed by atoms with Gasteiger partial charge in [-0.15, -0.1) is 0 Å². The van der Waals surface area contributed by atoms with Gasteiger partial charge in [0, 0.05) is 18.1 Å². The summed E-state index contributed by atoms with van der Waals surface area (Å²) in [5.74, 6) is -0.570. The minimum Gasteiger partial charge on any atom is -0.478 e. The third-order valence-electron chi connectivity index (χ3n) is 2.84. The molecule has 2 N–H and O–H groups in total. The topological polar surface area (TPSA) is 69.6 Å². The third kappa shape index (κ3) is 4.85. The molecule has 0 heterocycles. The van der Waals surface area contributed by atoms with Crippen LogP contribution in [0.25, 0.3) is 0 Å². The summed E-state index contributed by atoms with van der Waals surface area (Å²) in [5, 5.41) is 11.8. The van der Waals surface area contributed by atoms with Crippen molar-refractivity contribution in [1.29, 1.82) is 0 Å². The van der Waals surface area contributed by atoms with Gasteiger partial charge < -0.3 is 15.3 Å². The van der Waals surface area contributed by atoms with Gasteiger partial charge in [-0.3, -0.25) is 0 Å². The number of nitrogens with one attached hydrogen (secondary N) is 1. The van der Waals surface area contributed by atoms with Crippen LogP contribution in [0.3, 0.4) is 0 Å². The zero-order valence-electron chi connectivity index (χ0n) is 11.8. The van der Waals surface area contributed by atoms with Crippen LogP contribution in [0, 0.1) is 5.92 Å². The van der Waals surface area contributed by atoms with Gasteiger partial charge in [-0.25, -0.2) is 9.59 Å². The van der Waals surface area contributed by atoms with E-state index in [-0.39, 0.29) is 11.6 Å². The Bertz CT molecular complexity index is 503. The van der Waals surface area contributed by atoms with E-state index in [4.69, 9.17) is 5.11 Å². The minimum atomic E-state index is -1.08. The molecule has 110 valence electrons. The van der Waals surface area contributed by atoms with E-state index in [0.717, 1.165) is 6.42 Å². The van der Waals surface area contributed by atoms with E-state index in [9.17, 15) is 9.59 Å². The SMILES string of the molecule is CC(C)CCN(C)C(=O)Nc1ccc(Br)cc1C(=O)O. The van der Waals surface area contributed by atoms with Gasteiger partial charge in [0.25, 0.3) is 0 Å². The lowest BCUT2D eigenvalue weighted by molar-refractivity contribution is 0.0698. The molecule has 1 aromatic carbocycles. The van der Waals surface area contributed by atoms with E-state index in [2.05, 4.69) is 35.1 Å². The summed E-state index contributed by atoms with van der Waals surface area (Å²) in [7, 11) is 1.69. The number of benzene rings is 1. The van der Waals surface area contributed by atoms with Gasteiger partial charge >= 0.3 is 12.0 Å². The molecule has 1 rings (SSSR count). The second-order valence-electron chi connectivity index (χ2n) is 5.03. The Morgan fingerprint density at radius 2 is 2.05 bits per heavy atom. The summed E-state index contributed by atoms with van der Waals surface area (Å²) < 4.78 is 0.654. The van der Waals surface area contributed by atoms with E-state index < -0.39 is 5.97 Å². The van der Waals surface area contributed by atoms with Crippen LogP contribution in [0.15, 0.2) is 22.7 Å². The van der Waals surface area contributed by atoms with Crippen LogP contribution in [-0.4, -0.2) is 35.6 Å². The molecule has 0 aromatic heterocycles. The normalized spacial score (nSPS) is 10.4. The molecule has 0 aliphatic rings. The first-order valence-corrected chi connectivity index (χ1v) is 7.15. The van der Waals surface area contributed by atoms with Gasteiger partial charge in [0.2, 0.25) is 0 Å². The summed E-state index contributed by atoms with van der Waals surface area (Å²) in [6.07, 6.45) is 0.899. The maximum atomic E-state index is 12.0. The van der Waals surface area contributed by atoms with Gasteiger partial charge in [0.05, 0.1) is 11.3 Å².